The summed E-state index contributed by atoms with van der Waals surface area (Å²) >= 11 is 4.88. The van der Waals surface area contributed by atoms with Gasteiger partial charge in [0.25, 0.3) is 0 Å². The number of nitriles is 1. The van der Waals surface area contributed by atoms with E-state index in [0.29, 0.717) is 16.3 Å². The zero-order chi connectivity index (χ0) is 18.6. The molecule has 0 aliphatic heterocycles. The number of nitrogens with zero attached hydrogens (tertiary/aromatic N) is 2. The Morgan fingerprint density at radius 3 is 2.52 bits per heavy atom. The van der Waals surface area contributed by atoms with Crippen molar-refractivity contribution in [1.82, 2.24) is 4.98 Å². The first-order chi connectivity index (χ1) is 13.2. The molecule has 130 valence electrons. The summed E-state index contributed by atoms with van der Waals surface area (Å²) in [6, 6.07) is 23.8. The molecule has 0 fully saturated rings. The number of benzene rings is 2. The Morgan fingerprint density at radius 1 is 1.00 bits per heavy atom. The summed E-state index contributed by atoms with van der Waals surface area (Å²) in [5.74, 6) is 1.40. The van der Waals surface area contributed by atoms with Crippen molar-refractivity contribution in [2.24, 2.45) is 0 Å². The van der Waals surface area contributed by atoms with Crippen LogP contribution >= 0.6 is 27.3 Å². The minimum absolute atomic E-state index is 0.484. The van der Waals surface area contributed by atoms with Gasteiger partial charge in [0.1, 0.15) is 22.6 Å². The van der Waals surface area contributed by atoms with Crippen molar-refractivity contribution in [1.29, 1.82) is 5.26 Å². The van der Waals surface area contributed by atoms with Crippen molar-refractivity contribution in [2.75, 3.05) is 0 Å². The van der Waals surface area contributed by atoms with E-state index in [1.54, 1.807) is 6.08 Å². The van der Waals surface area contributed by atoms with Crippen molar-refractivity contribution in [3.63, 3.8) is 0 Å². The molecule has 5 heteroatoms. The molecule has 0 N–H and O–H groups in total. The van der Waals surface area contributed by atoms with Crippen LogP contribution in [-0.4, -0.2) is 4.98 Å². The van der Waals surface area contributed by atoms with Gasteiger partial charge in [-0.25, -0.2) is 4.98 Å². The van der Waals surface area contributed by atoms with E-state index < -0.39 is 0 Å². The summed E-state index contributed by atoms with van der Waals surface area (Å²) in [6.45, 7) is 0. The lowest BCUT2D eigenvalue weighted by molar-refractivity contribution is 0.572. The smallest absolute Gasteiger partial charge is 0.134 e. The molecular weight excluding hydrogens is 420 g/mol. The lowest BCUT2D eigenvalue weighted by Gasteiger charge is -1.97. The molecule has 0 aliphatic carbocycles. The largest absolute Gasteiger partial charge is 0.457 e. The molecule has 0 bridgehead atoms. The molecular formula is C22H13BrN2OS. The van der Waals surface area contributed by atoms with Crippen LogP contribution in [0.5, 0.6) is 0 Å². The molecule has 2 aromatic heterocycles. The second-order valence-electron chi connectivity index (χ2n) is 5.78. The van der Waals surface area contributed by atoms with Crippen molar-refractivity contribution >= 4 is 38.9 Å². The van der Waals surface area contributed by atoms with E-state index in [2.05, 4.69) is 27.0 Å². The summed E-state index contributed by atoms with van der Waals surface area (Å²) in [5.41, 5.74) is 3.36. The average Bonchev–Trinajstić information content (AvgIpc) is 3.37. The van der Waals surface area contributed by atoms with Gasteiger partial charge >= 0.3 is 0 Å². The van der Waals surface area contributed by atoms with Gasteiger partial charge in [0, 0.05) is 27.1 Å². The fourth-order valence-electron chi connectivity index (χ4n) is 2.62. The Morgan fingerprint density at radius 2 is 1.78 bits per heavy atom. The molecule has 4 aromatic rings. The van der Waals surface area contributed by atoms with Crippen LogP contribution in [0.2, 0.25) is 0 Å². The maximum Gasteiger partial charge on any atom is 0.134 e. The van der Waals surface area contributed by atoms with Gasteiger partial charge in [-0.2, -0.15) is 5.26 Å². The second-order valence-corrected chi connectivity index (χ2v) is 7.56. The maximum atomic E-state index is 9.58. The second kappa shape index (κ2) is 7.75. The topological polar surface area (TPSA) is 49.8 Å². The van der Waals surface area contributed by atoms with Crippen LogP contribution in [-0.2, 0) is 0 Å². The summed E-state index contributed by atoms with van der Waals surface area (Å²) in [7, 11) is 0. The first kappa shape index (κ1) is 17.5. The van der Waals surface area contributed by atoms with Crippen molar-refractivity contribution in [3.8, 4) is 28.7 Å². The monoisotopic (exact) mass is 432 g/mol. The third-order valence-corrected chi connectivity index (χ3v) is 5.37. The fraction of sp³-hybridized carbons (Fsp3) is 0. The van der Waals surface area contributed by atoms with Crippen LogP contribution in [0.25, 0.3) is 34.2 Å². The number of furan rings is 1. The molecule has 0 amide bonds. The summed E-state index contributed by atoms with van der Waals surface area (Å²) in [4.78, 5) is 4.61. The van der Waals surface area contributed by atoms with Crippen LogP contribution in [0.4, 0.5) is 0 Å². The predicted octanol–water partition coefficient (Wildman–Crippen LogP) is 6.90. The molecule has 3 nitrogen and oxygen atoms in total. The Bertz CT molecular complexity index is 1140. The molecule has 0 atom stereocenters. The standard InChI is InChI=1S/C22H13BrN2OS/c23-18-8-6-15(7-9-18)20-14-27-22(25-20)17(13-24)12-19-10-11-21(26-19)16-4-2-1-3-5-16/h1-12,14H/b17-12-. The van der Waals surface area contributed by atoms with Gasteiger partial charge in [-0.05, 0) is 24.3 Å². The molecule has 27 heavy (non-hydrogen) atoms. The normalized spacial score (nSPS) is 11.3. The Balaban J connectivity index is 1.62. The zero-order valence-electron chi connectivity index (χ0n) is 14.1. The van der Waals surface area contributed by atoms with E-state index in [1.165, 1.54) is 11.3 Å². The fourth-order valence-corrected chi connectivity index (χ4v) is 3.68. The minimum Gasteiger partial charge on any atom is -0.457 e. The van der Waals surface area contributed by atoms with Crippen LogP contribution in [0.3, 0.4) is 0 Å². The van der Waals surface area contributed by atoms with Gasteiger partial charge in [0.05, 0.1) is 11.3 Å². The van der Waals surface area contributed by atoms with Crippen LogP contribution in [0.1, 0.15) is 10.8 Å². The lowest BCUT2D eigenvalue weighted by Crippen LogP contribution is -1.82. The molecule has 0 radical (unpaired) electrons. The quantitative estimate of drug-likeness (QED) is 0.329. The number of thiazole rings is 1. The summed E-state index contributed by atoms with van der Waals surface area (Å²) in [5, 5.41) is 12.2. The van der Waals surface area contributed by atoms with Gasteiger partial charge < -0.3 is 4.42 Å². The van der Waals surface area contributed by atoms with E-state index in [-0.39, 0.29) is 0 Å². The van der Waals surface area contributed by atoms with Crippen molar-refractivity contribution < 1.29 is 4.42 Å². The molecule has 2 heterocycles. The van der Waals surface area contributed by atoms with Crippen molar-refractivity contribution in [3.05, 3.63) is 87.4 Å². The number of hydrogen-bond donors (Lipinski definition) is 0. The molecule has 0 aliphatic rings. The minimum atomic E-state index is 0.484. The molecule has 2 aromatic carbocycles. The summed E-state index contributed by atoms with van der Waals surface area (Å²) in [6.07, 6.45) is 1.73. The van der Waals surface area contributed by atoms with Crippen LogP contribution in [0.15, 0.2) is 81.0 Å². The van der Waals surface area contributed by atoms with E-state index in [4.69, 9.17) is 4.42 Å². The van der Waals surface area contributed by atoms with Crippen LogP contribution in [0, 0.1) is 11.3 Å². The third-order valence-electron chi connectivity index (χ3n) is 3.97. The Hall–Kier alpha value is -2.94. The third kappa shape index (κ3) is 3.92. The first-order valence-corrected chi connectivity index (χ1v) is 9.89. The van der Waals surface area contributed by atoms with Gasteiger partial charge in [-0.3, -0.25) is 0 Å². The number of halogens is 1. The van der Waals surface area contributed by atoms with Gasteiger partial charge in [-0.15, -0.1) is 11.3 Å². The molecule has 0 saturated heterocycles. The zero-order valence-corrected chi connectivity index (χ0v) is 16.5. The average molecular weight is 433 g/mol. The molecule has 0 saturated carbocycles. The SMILES string of the molecule is N#C/C(=C/c1ccc(-c2ccccc2)o1)c1nc(-c2ccc(Br)cc2)cs1. The van der Waals surface area contributed by atoms with E-state index in [0.717, 1.165) is 27.1 Å². The summed E-state index contributed by atoms with van der Waals surface area (Å²) < 4.78 is 6.89. The predicted molar refractivity (Wildman–Crippen MR) is 113 cm³/mol. The highest BCUT2D eigenvalue weighted by atomic mass is 79.9. The molecule has 0 spiro atoms. The lowest BCUT2D eigenvalue weighted by atomic mass is 10.2. The molecule has 4 rings (SSSR count). The van der Waals surface area contributed by atoms with Gasteiger partial charge in [0.2, 0.25) is 0 Å². The van der Waals surface area contributed by atoms with E-state index in [1.807, 2.05) is 72.1 Å². The highest BCUT2D eigenvalue weighted by Gasteiger charge is 2.11. The Labute approximate surface area is 169 Å². The highest BCUT2D eigenvalue weighted by molar-refractivity contribution is 9.10. The van der Waals surface area contributed by atoms with Gasteiger partial charge in [0.15, 0.2) is 0 Å². The first-order valence-electron chi connectivity index (χ1n) is 8.22. The number of hydrogen-bond acceptors (Lipinski definition) is 4. The Kier molecular flexibility index (Phi) is 5.01. The van der Waals surface area contributed by atoms with E-state index in [9.17, 15) is 5.26 Å². The maximum absolute atomic E-state index is 9.58. The number of aromatic nitrogens is 1. The number of rotatable bonds is 4. The van der Waals surface area contributed by atoms with Crippen molar-refractivity contribution in [2.45, 2.75) is 0 Å². The molecule has 0 unspecified atom stereocenters. The van der Waals surface area contributed by atoms with Gasteiger partial charge in [-0.1, -0.05) is 58.4 Å². The number of allylic oxidation sites excluding steroid dienone is 1. The van der Waals surface area contributed by atoms with Crippen LogP contribution < -0.4 is 0 Å². The van der Waals surface area contributed by atoms with E-state index >= 15 is 0 Å². The highest BCUT2D eigenvalue weighted by Crippen LogP contribution is 2.29.